The van der Waals surface area contributed by atoms with E-state index in [4.69, 9.17) is 5.26 Å². The molecule has 1 fully saturated rings. The van der Waals surface area contributed by atoms with Gasteiger partial charge in [0.1, 0.15) is 17.1 Å². The third-order valence-electron chi connectivity index (χ3n) is 3.92. The second-order valence-electron chi connectivity index (χ2n) is 5.44. The Hall–Kier alpha value is -1.71. The minimum atomic E-state index is 0.496. The van der Waals surface area contributed by atoms with E-state index in [1.165, 1.54) is 18.1 Å². The number of hydrogen-bond acceptors (Lipinski definition) is 6. The quantitative estimate of drug-likeness (QED) is 0.915. The van der Waals surface area contributed by atoms with Crippen molar-refractivity contribution in [2.45, 2.75) is 19.4 Å². The predicted octanol–water partition coefficient (Wildman–Crippen LogP) is 2.00. The zero-order chi connectivity index (χ0) is 14.1. The molecule has 2 aromatic rings. The van der Waals surface area contributed by atoms with Crippen molar-refractivity contribution in [2.75, 3.05) is 25.0 Å². The van der Waals surface area contributed by atoms with Gasteiger partial charge in [-0.05, 0) is 31.5 Å². The van der Waals surface area contributed by atoms with Gasteiger partial charge in [-0.2, -0.15) is 14.0 Å². The second-order valence-corrected chi connectivity index (χ2v) is 5.97. The molecular weight excluding hydrogens is 270 g/mol. The topological polar surface area (TPSA) is 64.8 Å². The summed E-state index contributed by atoms with van der Waals surface area (Å²) in [5.41, 5.74) is 3.29. The highest BCUT2D eigenvalue weighted by atomic mass is 32.1. The van der Waals surface area contributed by atoms with Crippen LogP contribution >= 0.6 is 11.7 Å². The molecule has 0 saturated carbocycles. The lowest BCUT2D eigenvalue weighted by molar-refractivity contribution is 0.367. The van der Waals surface area contributed by atoms with Crippen LogP contribution < -0.4 is 10.2 Å². The molecule has 5 nitrogen and oxygen atoms in total. The Morgan fingerprint density at radius 1 is 1.35 bits per heavy atom. The summed E-state index contributed by atoms with van der Waals surface area (Å²) in [4.78, 5) is 2.36. The number of nitriles is 1. The molecule has 3 rings (SSSR count). The Labute approximate surface area is 122 Å². The Kier molecular flexibility index (Phi) is 3.55. The van der Waals surface area contributed by atoms with E-state index in [2.05, 4.69) is 32.0 Å². The number of piperidine rings is 1. The number of aromatic nitrogens is 2. The molecule has 104 valence electrons. The summed E-state index contributed by atoms with van der Waals surface area (Å²) in [6.07, 6.45) is 1.20. The lowest BCUT2D eigenvalue weighted by Crippen LogP contribution is -2.47. The van der Waals surface area contributed by atoms with Gasteiger partial charge >= 0.3 is 0 Å². The van der Waals surface area contributed by atoms with Crippen molar-refractivity contribution in [2.24, 2.45) is 5.92 Å². The van der Waals surface area contributed by atoms with Gasteiger partial charge in [-0.3, -0.25) is 0 Å². The normalized spacial score (nSPS) is 22.9. The second kappa shape index (κ2) is 5.35. The number of hydrogen-bond donors (Lipinski definition) is 1. The first-order chi connectivity index (χ1) is 9.72. The van der Waals surface area contributed by atoms with Crippen molar-refractivity contribution in [3.63, 3.8) is 0 Å². The SMILES string of the molecule is CN[C@@H]1C[C@H](C)CN(c2ccc(C#N)c3nsnc23)C1. The van der Waals surface area contributed by atoms with E-state index in [1.54, 1.807) is 0 Å². The number of nitrogens with one attached hydrogen (secondary N) is 1. The summed E-state index contributed by atoms with van der Waals surface area (Å²) in [6.45, 7) is 4.27. The number of rotatable bonds is 2. The monoisotopic (exact) mass is 287 g/mol. The number of anilines is 1. The van der Waals surface area contributed by atoms with Crippen LogP contribution in [0.5, 0.6) is 0 Å². The van der Waals surface area contributed by atoms with Crippen molar-refractivity contribution < 1.29 is 0 Å². The highest BCUT2D eigenvalue weighted by molar-refractivity contribution is 7.00. The van der Waals surface area contributed by atoms with Crippen LogP contribution in [0.1, 0.15) is 18.9 Å². The zero-order valence-electron chi connectivity index (χ0n) is 11.6. The molecule has 6 heteroatoms. The number of fused-ring (bicyclic) bond motifs is 1. The van der Waals surface area contributed by atoms with E-state index < -0.39 is 0 Å². The summed E-state index contributed by atoms with van der Waals surface area (Å²) in [5.74, 6) is 0.637. The minimum absolute atomic E-state index is 0.496. The fraction of sp³-hybridized carbons (Fsp3) is 0.500. The van der Waals surface area contributed by atoms with E-state index in [0.717, 1.165) is 29.8 Å². The largest absolute Gasteiger partial charge is 0.368 e. The molecule has 0 spiro atoms. The zero-order valence-corrected chi connectivity index (χ0v) is 12.4. The van der Waals surface area contributed by atoms with Gasteiger partial charge in [-0.1, -0.05) is 6.92 Å². The Morgan fingerprint density at radius 2 is 2.15 bits per heavy atom. The molecule has 0 aliphatic carbocycles. The van der Waals surface area contributed by atoms with Crippen molar-refractivity contribution in [1.29, 1.82) is 5.26 Å². The maximum Gasteiger partial charge on any atom is 0.129 e. The Bertz CT molecular complexity index is 659. The van der Waals surface area contributed by atoms with E-state index >= 15 is 0 Å². The summed E-state index contributed by atoms with van der Waals surface area (Å²) in [6, 6.07) is 6.55. The van der Waals surface area contributed by atoms with Gasteiger partial charge in [0.05, 0.1) is 23.0 Å². The van der Waals surface area contributed by atoms with Crippen LogP contribution in [0, 0.1) is 17.2 Å². The van der Waals surface area contributed by atoms with Crippen molar-refractivity contribution in [3.05, 3.63) is 17.7 Å². The summed E-state index contributed by atoms with van der Waals surface area (Å²) in [7, 11) is 2.01. The van der Waals surface area contributed by atoms with Crippen molar-refractivity contribution in [3.8, 4) is 6.07 Å². The average molecular weight is 287 g/mol. The predicted molar refractivity (Wildman–Crippen MR) is 81.0 cm³/mol. The molecule has 0 radical (unpaired) electrons. The Balaban J connectivity index is 2.02. The maximum atomic E-state index is 9.14. The fourth-order valence-electron chi connectivity index (χ4n) is 2.96. The molecule has 0 unspecified atom stereocenters. The van der Waals surface area contributed by atoms with Gasteiger partial charge in [0.25, 0.3) is 0 Å². The van der Waals surface area contributed by atoms with Crippen LogP contribution in [-0.4, -0.2) is 34.9 Å². The maximum absolute atomic E-state index is 9.14. The van der Waals surface area contributed by atoms with Crippen LogP contribution in [0.2, 0.25) is 0 Å². The first-order valence-electron chi connectivity index (χ1n) is 6.80. The van der Waals surface area contributed by atoms with Crippen LogP contribution in [0.25, 0.3) is 11.0 Å². The van der Waals surface area contributed by atoms with Gasteiger partial charge < -0.3 is 10.2 Å². The third-order valence-corrected chi connectivity index (χ3v) is 4.45. The average Bonchev–Trinajstić information content (AvgIpc) is 2.94. The number of benzene rings is 1. The molecule has 0 amide bonds. The van der Waals surface area contributed by atoms with Gasteiger partial charge in [0.15, 0.2) is 0 Å². The highest BCUT2D eigenvalue weighted by Gasteiger charge is 2.26. The van der Waals surface area contributed by atoms with E-state index in [1.807, 2.05) is 19.2 Å². The summed E-state index contributed by atoms with van der Waals surface area (Å²) < 4.78 is 8.66. The van der Waals surface area contributed by atoms with E-state index in [-0.39, 0.29) is 0 Å². The van der Waals surface area contributed by atoms with Crippen molar-refractivity contribution in [1.82, 2.24) is 14.1 Å². The lowest BCUT2D eigenvalue weighted by atomic mass is 9.95. The first-order valence-corrected chi connectivity index (χ1v) is 7.53. The van der Waals surface area contributed by atoms with Crippen molar-refractivity contribution >= 4 is 28.4 Å². The van der Waals surface area contributed by atoms with E-state index in [0.29, 0.717) is 17.5 Å². The van der Waals surface area contributed by atoms with Crippen LogP contribution in [0.3, 0.4) is 0 Å². The molecule has 0 bridgehead atoms. The molecule has 1 aromatic carbocycles. The molecular formula is C14H17N5S. The summed E-state index contributed by atoms with van der Waals surface area (Å²) >= 11 is 1.17. The summed E-state index contributed by atoms with van der Waals surface area (Å²) in [5, 5.41) is 12.5. The molecule has 2 heterocycles. The third kappa shape index (κ3) is 2.23. The molecule has 2 atom stereocenters. The van der Waals surface area contributed by atoms with Crippen LogP contribution in [0.4, 0.5) is 5.69 Å². The molecule has 20 heavy (non-hydrogen) atoms. The molecule has 1 aliphatic heterocycles. The minimum Gasteiger partial charge on any atom is -0.368 e. The van der Waals surface area contributed by atoms with Gasteiger partial charge in [0, 0.05) is 19.1 Å². The molecule has 1 aromatic heterocycles. The number of nitrogens with zero attached hydrogens (tertiary/aromatic N) is 4. The standard InChI is InChI=1S/C14H17N5S/c1-9-5-11(16-2)8-19(7-9)12-4-3-10(6-15)13-14(12)18-20-17-13/h3-4,9,11,16H,5,7-8H2,1-2H3/t9-,11+/m0/s1. The van der Waals surface area contributed by atoms with Gasteiger partial charge in [-0.15, -0.1) is 0 Å². The Morgan fingerprint density at radius 3 is 2.90 bits per heavy atom. The van der Waals surface area contributed by atoms with E-state index in [9.17, 15) is 0 Å². The first kappa shape index (κ1) is 13.3. The number of likely N-dealkylation sites (N-methyl/N-ethyl adjacent to an activating group) is 1. The molecule has 1 N–H and O–H groups in total. The smallest absolute Gasteiger partial charge is 0.129 e. The van der Waals surface area contributed by atoms with Crippen LogP contribution in [-0.2, 0) is 0 Å². The highest BCUT2D eigenvalue weighted by Crippen LogP contribution is 2.30. The van der Waals surface area contributed by atoms with Gasteiger partial charge in [0.2, 0.25) is 0 Å². The molecule has 1 saturated heterocycles. The lowest BCUT2D eigenvalue weighted by Gasteiger charge is -2.37. The van der Waals surface area contributed by atoms with Gasteiger partial charge in [-0.25, -0.2) is 0 Å². The molecule has 1 aliphatic rings. The fourth-order valence-corrected chi connectivity index (χ4v) is 3.53. The van der Waals surface area contributed by atoms with Crippen LogP contribution in [0.15, 0.2) is 12.1 Å².